The topological polar surface area (TPSA) is 29.1 Å². The Kier molecular flexibility index (Phi) is 3.24. The molecule has 5 fully saturated rings. The second-order valence-electron chi connectivity index (χ2n) is 10.3. The van der Waals surface area contributed by atoms with Gasteiger partial charge in [-0.25, -0.2) is 0 Å². The van der Waals surface area contributed by atoms with Gasteiger partial charge in [0.1, 0.15) is 0 Å². The molecule has 0 heterocycles. The predicted molar refractivity (Wildman–Crippen MR) is 89.4 cm³/mol. The third-order valence-electron chi connectivity index (χ3n) is 7.54. The molecule has 0 aromatic heterocycles. The Balaban J connectivity index is 1.55. The minimum Gasteiger partial charge on any atom is -0.353 e. The summed E-state index contributed by atoms with van der Waals surface area (Å²) in [7, 11) is 0. The van der Waals surface area contributed by atoms with Gasteiger partial charge in [-0.3, -0.25) is 4.79 Å². The quantitative estimate of drug-likeness (QED) is 0.788. The maximum Gasteiger partial charge on any atom is 0.226 e. The fourth-order valence-corrected chi connectivity index (χ4v) is 7.55. The third kappa shape index (κ3) is 2.32. The molecule has 4 bridgehead atoms. The van der Waals surface area contributed by atoms with Crippen LogP contribution in [-0.4, -0.2) is 11.9 Å². The molecule has 0 aromatic carbocycles. The average Bonchev–Trinajstić information content (AvgIpc) is 2.37. The second kappa shape index (κ2) is 4.74. The monoisotopic (exact) mass is 303 g/mol. The summed E-state index contributed by atoms with van der Waals surface area (Å²) in [5, 5.41) is 3.52. The van der Waals surface area contributed by atoms with Crippen LogP contribution in [-0.2, 0) is 4.79 Å². The van der Waals surface area contributed by atoms with Crippen molar-refractivity contribution >= 4 is 5.91 Å². The predicted octanol–water partition coefficient (Wildman–Crippen LogP) is 4.68. The van der Waals surface area contributed by atoms with Gasteiger partial charge < -0.3 is 5.32 Å². The highest BCUT2D eigenvalue weighted by molar-refractivity contribution is 5.83. The number of nitrogens with one attached hydrogen (secondary N) is 1. The number of hydrogen-bond acceptors (Lipinski definition) is 1. The van der Waals surface area contributed by atoms with Crippen molar-refractivity contribution in [3.8, 4) is 0 Å². The van der Waals surface area contributed by atoms with E-state index in [4.69, 9.17) is 0 Å². The number of amides is 1. The SMILES string of the molecule is C[C@H]1CCCC[C@H]1NC(=O)C12CC3C[C@@](C)(C1)C[C@@](C)(C3)C2. The Labute approximate surface area is 135 Å². The summed E-state index contributed by atoms with van der Waals surface area (Å²) < 4.78 is 0. The highest BCUT2D eigenvalue weighted by atomic mass is 16.2. The maximum absolute atomic E-state index is 13.3. The zero-order valence-corrected chi connectivity index (χ0v) is 14.7. The number of hydrogen-bond donors (Lipinski definition) is 1. The zero-order valence-electron chi connectivity index (χ0n) is 14.7. The van der Waals surface area contributed by atoms with Crippen molar-refractivity contribution < 1.29 is 4.79 Å². The molecule has 1 N–H and O–H groups in total. The first-order chi connectivity index (χ1) is 10.3. The van der Waals surface area contributed by atoms with E-state index in [0.717, 1.165) is 18.8 Å². The van der Waals surface area contributed by atoms with Gasteiger partial charge in [-0.2, -0.15) is 0 Å². The lowest BCUT2D eigenvalue weighted by Crippen LogP contribution is -2.61. The van der Waals surface area contributed by atoms with Gasteiger partial charge >= 0.3 is 0 Å². The van der Waals surface area contributed by atoms with Crippen molar-refractivity contribution in [1.29, 1.82) is 0 Å². The van der Waals surface area contributed by atoms with Gasteiger partial charge in [-0.1, -0.05) is 33.6 Å². The Morgan fingerprint density at radius 3 is 2.18 bits per heavy atom. The van der Waals surface area contributed by atoms with Gasteiger partial charge in [0.25, 0.3) is 0 Å². The molecule has 0 unspecified atom stereocenters. The fraction of sp³-hybridized carbons (Fsp3) is 0.950. The zero-order chi connectivity index (χ0) is 15.6. The number of carbonyl (C=O) groups excluding carboxylic acids is 1. The van der Waals surface area contributed by atoms with Crippen LogP contribution in [0.25, 0.3) is 0 Å². The molecule has 0 aliphatic heterocycles. The van der Waals surface area contributed by atoms with Gasteiger partial charge in [-0.15, -0.1) is 0 Å². The van der Waals surface area contributed by atoms with E-state index in [1.807, 2.05) is 0 Å². The summed E-state index contributed by atoms with van der Waals surface area (Å²) >= 11 is 0. The third-order valence-corrected chi connectivity index (χ3v) is 7.54. The lowest BCUT2D eigenvalue weighted by Gasteiger charge is -2.64. The molecule has 5 aliphatic rings. The summed E-state index contributed by atoms with van der Waals surface area (Å²) in [6.07, 6.45) is 12.7. The molecule has 0 saturated heterocycles. The van der Waals surface area contributed by atoms with E-state index < -0.39 is 0 Å². The van der Waals surface area contributed by atoms with Crippen molar-refractivity contribution in [2.24, 2.45) is 28.1 Å². The molecule has 0 aromatic rings. The Bertz CT molecular complexity index is 466. The van der Waals surface area contributed by atoms with Crippen molar-refractivity contribution in [1.82, 2.24) is 5.32 Å². The van der Waals surface area contributed by atoms with Crippen LogP contribution in [0.3, 0.4) is 0 Å². The van der Waals surface area contributed by atoms with E-state index >= 15 is 0 Å². The average molecular weight is 303 g/mol. The molecule has 124 valence electrons. The molecular weight excluding hydrogens is 270 g/mol. The molecule has 0 spiro atoms. The highest BCUT2D eigenvalue weighted by Gasteiger charge is 2.62. The van der Waals surface area contributed by atoms with E-state index in [9.17, 15) is 4.79 Å². The van der Waals surface area contributed by atoms with Crippen LogP contribution < -0.4 is 5.32 Å². The normalized spacial score (nSPS) is 53.5. The highest BCUT2D eigenvalue weighted by Crippen LogP contribution is 2.69. The van der Waals surface area contributed by atoms with Gasteiger partial charge in [0, 0.05) is 6.04 Å². The van der Waals surface area contributed by atoms with Crippen molar-refractivity contribution in [2.45, 2.75) is 91.0 Å². The smallest absolute Gasteiger partial charge is 0.226 e. The van der Waals surface area contributed by atoms with Crippen LogP contribution >= 0.6 is 0 Å². The first-order valence-corrected chi connectivity index (χ1v) is 9.63. The summed E-state index contributed by atoms with van der Waals surface area (Å²) in [6, 6.07) is 0.440. The summed E-state index contributed by atoms with van der Waals surface area (Å²) in [5.74, 6) is 1.89. The summed E-state index contributed by atoms with van der Waals surface area (Å²) in [6.45, 7) is 7.24. The number of rotatable bonds is 2. The van der Waals surface area contributed by atoms with E-state index in [-0.39, 0.29) is 5.41 Å². The Morgan fingerprint density at radius 2 is 1.59 bits per heavy atom. The van der Waals surface area contributed by atoms with Crippen LogP contribution in [0, 0.1) is 28.1 Å². The molecule has 2 heteroatoms. The van der Waals surface area contributed by atoms with Crippen LogP contribution in [0.4, 0.5) is 0 Å². The molecule has 0 radical (unpaired) electrons. The lowest BCUT2D eigenvalue weighted by atomic mass is 9.40. The van der Waals surface area contributed by atoms with Gasteiger partial charge in [0.2, 0.25) is 5.91 Å². The minimum absolute atomic E-state index is 0.0277. The molecule has 5 aliphatic carbocycles. The first kappa shape index (κ1) is 15.0. The first-order valence-electron chi connectivity index (χ1n) is 9.63. The second-order valence-corrected chi connectivity index (χ2v) is 10.3. The number of carbonyl (C=O) groups is 1. The van der Waals surface area contributed by atoms with E-state index in [1.165, 1.54) is 51.4 Å². The molecule has 4 atom stereocenters. The molecule has 22 heavy (non-hydrogen) atoms. The molecule has 1 amide bonds. The van der Waals surface area contributed by atoms with Crippen molar-refractivity contribution in [2.75, 3.05) is 0 Å². The fourth-order valence-electron chi connectivity index (χ4n) is 7.55. The van der Waals surface area contributed by atoms with E-state index in [2.05, 4.69) is 26.1 Å². The summed E-state index contributed by atoms with van der Waals surface area (Å²) in [5.41, 5.74) is 0.841. The minimum atomic E-state index is -0.0277. The maximum atomic E-state index is 13.3. The van der Waals surface area contributed by atoms with E-state index in [1.54, 1.807) is 0 Å². The van der Waals surface area contributed by atoms with Crippen molar-refractivity contribution in [3.63, 3.8) is 0 Å². The van der Waals surface area contributed by atoms with Crippen LogP contribution in [0.1, 0.15) is 85.0 Å². The summed E-state index contributed by atoms with van der Waals surface area (Å²) in [4.78, 5) is 13.3. The molecule has 5 saturated carbocycles. The Hall–Kier alpha value is -0.530. The largest absolute Gasteiger partial charge is 0.353 e. The van der Waals surface area contributed by atoms with E-state index in [0.29, 0.717) is 28.7 Å². The molecule has 2 nitrogen and oxygen atoms in total. The molecule has 5 rings (SSSR count). The molecular formula is C20H33NO. The van der Waals surface area contributed by atoms with Gasteiger partial charge in [-0.05, 0) is 74.0 Å². The Morgan fingerprint density at radius 1 is 0.955 bits per heavy atom. The van der Waals surface area contributed by atoms with Gasteiger partial charge in [0.15, 0.2) is 0 Å². The van der Waals surface area contributed by atoms with Crippen molar-refractivity contribution in [3.05, 3.63) is 0 Å². The van der Waals surface area contributed by atoms with Crippen LogP contribution in [0.15, 0.2) is 0 Å². The van der Waals surface area contributed by atoms with Crippen LogP contribution in [0.5, 0.6) is 0 Å². The standard InChI is InChI=1S/C20H33NO/c1-14-6-4-5-7-16(14)21-17(22)20-10-15-8-18(2,12-20)11-19(3,9-15)13-20/h14-16H,4-13H2,1-3H3,(H,21,22)/t14-,15?,16+,18+,19+,20?/m0/s1. The van der Waals surface area contributed by atoms with Gasteiger partial charge in [0.05, 0.1) is 5.41 Å². The lowest BCUT2D eigenvalue weighted by molar-refractivity contribution is -0.171. The van der Waals surface area contributed by atoms with Crippen LogP contribution in [0.2, 0.25) is 0 Å².